The molecule has 0 spiro atoms. The fraction of sp³-hybridized carbons (Fsp3) is 0.571. The zero-order valence-corrected chi connectivity index (χ0v) is 11.0. The third-order valence-electron chi connectivity index (χ3n) is 2.50. The maximum Gasteiger partial charge on any atom is 0.161 e. The molecule has 3 heteroatoms. The van der Waals surface area contributed by atoms with Gasteiger partial charge in [-0.15, -0.1) is 0 Å². The SMILES string of the molecule is CCOc1ccc(CCC(C)N)cc1OCC. The van der Waals surface area contributed by atoms with Crippen LogP contribution in [0.2, 0.25) is 0 Å². The lowest BCUT2D eigenvalue weighted by molar-refractivity contribution is 0.287. The van der Waals surface area contributed by atoms with Gasteiger partial charge in [-0.3, -0.25) is 0 Å². The zero-order valence-electron chi connectivity index (χ0n) is 11.0. The average molecular weight is 237 g/mol. The molecule has 0 aliphatic heterocycles. The first-order valence-electron chi connectivity index (χ1n) is 6.31. The summed E-state index contributed by atoms with van der Waals surface area (Å²) >= 11 is 0. The second-order valence-corrected chi connectivity index (χ2v) is 4.16. The van der Waals surface area contributed by atoms with Gasteiger partial charge in [0.1, 0.15) is 0 Å². The molecular formula is C14H23NO2. The lowest BCUT2D eigenvalue weighted by atomic mass is 10.1. The molecule has 0 bridgehead atoms. The largest absolute Gasteiger partial charge is 0.490 e. The maximum atomic E-state index is 5.76. The summed E-state index contributed by atoms with van der Waals surface area (Å²) in [6, 6.07) is 6.34. The summed E-state index contributed by atoms with van der Waals surface area (Å²) in [6.07, 6.45) is 1.96. The Labute approximate surface area is 104 Å². The van der Waals surface area contributed by atoms with Crippen LogP contribution in [0.3, 0.4) is 0 Å². The first kappa shape index (κ1) is 13.8. The summed E-state index contributed by atoms with van der Waals surface area (Å²) in [4.78, 5) is 0. The Balaban J connectivity index is 2.77. The third kappa shape index (κ3) is 4.65. The van der Waals surface area contributed by atoms with E-state index in [0.717, 1.165) is 24.3 Å². The Morgan fingerprint density at radius 3 is 2.35 bits per heavy atom. The predicted octanol–water partition coefficient (Wildman–Crippen LogP) is 2.76. The topological polar surface area (TPSA) is 44.5 Å². The molecule has 3 nitrogen and oxygen atoms in total. The Morgan fingerprint density at radius 1 is 1.12 bits per heavy atom. The maximum absolute atomic E-state index is 5.76. The first-order valence-corrected chi connectivity index (χ1v) is 6.31. The predicted molar refractivity (Wildman–Crippen MR) is 70.8 cm³/mol. The smallest absolute Gasteiger partial charge is 0.161 e. The lowest BCUT2D eigenvalue weighted by Gasteiger charge is -2.13. The van der Waals surface area contributed by atoms with Crippen LogP contribution in [0.15, 0.2) is 18.2 Å². The highest BCUT2D eigenvalue weighted by Crippen LogP contribution is 2.29. The number of hydrogen-bond acceptors (Lipinski definition) is 3. The Bertz CT molecular complexity index is 337. The minimum Gasteiger partial charge on any atom is -0.490 e. The molecule has 0 aliphatic carbocycles. The van der Waals surface area contributed by atoms with Crippen molar-refractivity contribution in [3.8, 4) is 11.5 Å². The van der Waals surface area contributed by atoms with E-state index in [2.05, 4.69) is 12.1 Å². The van der Waals surface area contributed by atoms with Crippen LogP contribution in [0.1, 0.15) is 32.8 Å². The molecule has 1 unspecified atom stereocenters. The van der Waals surface area contributed by atoms with Gasteiger partial charge >= 0.3 is 0 Å². The molecule has 0 heterocycles. The number of rotatable bonds is 7. The van der Waals surface area contributed by atoms with Gasteiger partial charge in [-0.1, -0.05) is 6.07 Å². The minimum atomic E-state index is 0.233. The van der Waals surface area contributed by atoms with Gasteiger partial charge in [0.25, 0.3) is 0 Å². The van der Waals surface area contributed by atoms with Crippen molar-refractivity contribution in [2.24, 2.45) is 5.73 Å². The van der Waals surface area contributed by atoms with E-state index >= 15 is 0 Å². The van der Waals surface area contributed by atoms with E-state index < -0.39 is 0 Å². The van der Waals surface area contributed by atoms with Gasteiger partial charge in [0, 0.05) is 6.04 Å². The standard InChI is InChI=1S/C14H23NO2/c1-4-16-13-9-8-12(7-6-11(3)15)10-14(13)17-5-2/h8-11H,4-7,15H2,1-3H3. The van der Waals surface area contributed by atoms with Crippen molar-refractivity contribution in [3.05, 3.63) is 23.8 Å². The number of benzene rings is 1. The first-order chi connectivity index (χ1) is 8.17. The van der Waals surface area contributed by atoms with E-state index in [-0.39, 0.29) is 6.04 Å². The van der Waals surface area contributed by atoms with E-state index in [1.807, 2.05) is 26.8 Å². The van der Waals surface area contributed by atoms with Crippen LogP contribution in [0.4, 0.5) is 0 Å². The second kappa shape index (κ2) is 7.17. The van der Waals surface area contributed by atoms with Crippen LogP contribution in [0.5, 0.6) is 11.5 Å². The van der Waals surface area contributed by atoms with Crippen molar-refractivity contribution in [3.63, 3.8) is 0 Å². The highest BCUT2D eigenvalue weighted by Gasteiger charge is 2.06. The summed E-state index contributed by atoms with van der Waals surface area (Å²) in [5, 5.41) is 0. The Hall–Kier alpha value is -1.22. The molecule has 17 heavy (non-hydrogen) atoms. The normalized spacial score (nSPS) is 12.2. The van der Waals surface area contributed by atoms with Gasteiger partial charge in [0.2, 0.25) is 0 Å². The molecule has 1 rings (SSSR count). The van der Waals surface area contributed by atoms with Crippen LogP contribution in [0.25, 0.3) is 0 Å². The van der Waals surface area contributed by atoms with E-state index in [0.29, 0.717) is 13.2 Å². The monoisotopic (exact) mass is 237 g/mol. The number of nitrogens with two attached hydrogens (primary N) is 1. The molecular weight excluding hydrogens is 214 g/mol. The summed E-state index contributed by atoms with van der Waals surface area (Å²) in [5.74, 6) is 1.65. The van der Waals surface area contributed by atoms with Gasteiger partial charge in [-0.2, -0.15) is 0 Å². The van der Waals surface area contributed by atoms with Crippen molar-refractivity contribution in [1.29, 1.82) is 0 Å². The van der Waals surface area contributed by atoms with Crippen molar-refractivity contribution in [2.45, 2.75) is 39.7 Å². The van der Waals surface area contributed by atoms with Gasteiger partial charge in [-0.05, 0) is 51.3 Å². The van der Waals surface area contributed by atoms with Crippen molar-refractivity contribution in [1.82, 2.24) is 0 Å². The minimum absolute atomic E-state index is 0.233. The summed E-state index contributed by atoms with van der Waals surface area (Å²) < 4.78 is 11.1. The van der Waals surface area contributed by atoms with Crippen molar-refractivity contribution < 1.29 is 9.47 Å². The van der Waals surface area contributed by atoms with Gasteiger partial charge in [0.05, 0.1) is 13.2 Å². The molecule has 0 saturated heterocycles. The molecule has 0 fully saturated rings. The van der Waals surface area contributed by atoms with E-state index in [1.165, 1.54) is 5.56 Å². The summed E-state index contributed by atoms with van der Waals surface area (Å²) in [7, 11) is 0. The molecule has 0 aliphatic rings. The molecule has 0 aromatic heterocycles. The zero-order chi connectivity index (χ0) is 12.7. The van der Waals surface area contributed by atoms with Gasteiger partial charge < -0.3 is 15.2 Å². The van der Waals surface area contributed by atoms with Gasteiger partial charge in [0.15, 0.2) is 11.5 Å². The fourth-order valence-corrected chi connectivity index (χ4v) is 1.65. The molecule has 1 atom stereocenters. The molecule has 1 aromatic rings. The number of ether oxygens (including phenoxy) is 2. The molecule has 0 saturated carbocycles. The van der Waals surface area contributed by atoms with E-state index in [1.54, 1.807) is 0 Å². The average Bonchev–Trinajstić information content (AvgIpc) is 2.30. The lowest BCUT2D eigenvalue weighted by Crippen LogP contribution is -2.15. The molecule has 0 radical (unpaired) electrons. The van der Waals surface area contributed by atoms with Crippen LogP contribution in [-0.4, -0.2) is 19.3 Å². The van der Waals surface area contributed by atoms with Gasteiger partial charge in [-0.25, -0.2) is 0 Å². The number of hydrogen-bond donors (Lipinski definition) is 1. The van der Waals surface area contributed by atoms with Crippen LogP contribution in [-0.2, 0) is 6.42 Å². The molecule has 0 amide bonds. The fourth-order valence-electron chi connectivity index (χ4n) is 1.65. The van der Waals surface area contributed by atoms with Crippen LogP contribution < -0.4 is 15.2 Å². The number of aryl methyl sites for hydroxylation is 1. The summed E-state index contributed by atoms with van der Waals surface area (Å²) in [6.45, 7) is 7.28. The Morgan fingerprint density at radius 2 is 1.76 bits per heavy atom. The summed E-state index contributed by atoms with van der Waals surface area (Å²) in [5.41, 5.74) is 7.00. The van der Waals surface area contributed by atoms with Crippen LogP contribution in [0, 0.1) is 0 Å². The molecule has 1 aromatic carbocycles. The third-order valence-corrected chi connectivity index (χ3v) is 2.50. The van der Waals surface area contributed by atoms with Crippen LogP contribution >= 0.6 is 0 Å². The highest BCUT2D eigenvalue weighted by atomic mass is 16.5. The Kier molecular flexibility index (Phi) is 5.84. The van der Waals surface area contributed by atoms with Crippen molar-refractivity contribution >= 4 is 0 Å². The quantitative estimate of drug-likeness (QED) is 0.793. The second-order valence-electron chi connectivity index (χ2n) is 4.16. The molecule has 96 valence electrons. The van der Waals surface area contributed by atoms with Crippen molar-refractivity contribution in [2.75, 3.05) is 13.2 Å². The molecule has 2 N–H and O–H groups in total. The van der Waals surface area contributed by atoms with E-state index in [4.69, 9.17) is 15.2 Å². The highest BCUT2D eigenvalue weighted by molar-refractivity contribution is 5.43. The van der Waals surface area contributed by atoms with E-state index in [9.17, 15) is 0 Å².